The third-order valence-corrected chi connectivity index (χ3v) is 4.06. The van der Waals surface area contributed by atoms with E-state index in [2.05, 4.69) is 16.5 Å². The van der Waals surface area contributed by atoms with Gasteiger partial charge in [0.2, 0.25) is 0 Å². The van der Waals surface area contributed by atoms with Crippen molar-refractivity contribution < 1.29 is 13.9 Å². The summed E-state index contributed by atoms with van der Waals surface area (Å²) < 4.78 is 24.4. The summed E-state index contributed by atoms with van der Waals surface area (Å²) in [5, 5.41) is 0. The van der Waals surface area contributed by atoms with Gasteiger partial charge < -0.3 is 9.47 Å². The zero-order valence-corrected chi connectivity index (χ0v) is 16.7. The van der Waals surface area contributed by atoms with Gasteiger partial charge in [0.05, 0.1) is 19.3 Å². The molecule has 0 bridgehead atoms. The van der Waals surface area contributed by atoms with Crippen LogP contribution in [0.5, 0.6) is 6.01 Å². The minimum absolute atomic E-state index is 0.320. The Balaban J connectivity index is 0.00000114. The molecule has 0 spiro atoms. The van der Waals surface area contributed by atoms with E-state index in [0.717, 1.165) is 6.42 Å². The molecule has 5 heteroatoms. The number of hydrogen-bond acceptors (Lipinski definition) is 4. The summed E-state index contributed by atoms with van der Waals surface area (Å²) in [4.78, 5) is 8.27. The summed E-state index contributed by atoms with van der Waals surface area (Å²) in [5.74, 6) is 0. The molecule has 0 aliphatic heterocycles. The van der Waals surface area contributed by atoms with Crippen molar-refractivity contribution in [2.75, 3.05) is 19.9 Å². The Hall–Kier alpha value is -2.01. The van der Waals surface area contributed by atoms with Crippen LogP contribution in [-0.4, -0.2) is 36.0 Å². The predicted molar refractivity (Wildman–Crippen MR) is 110 cm³/mol. The normalized spacial score (nSPS) is 15.3. The van der Waals surface area contributed by atoms with E-state index in [-0.39, 0.29) is 0 Å². The first-order chi connectivity index (χ1) is 13.2. The van der Waals surface area contributed by atoms with Gasteiger partial charge >= 0.3 is 6.01 Å². The van der Waals surface area contributed by atoms with Crippen LogP contribution < -0.4 is 4.74 Å². The highest BCUT2D eigenvalue weighted by Gasteiger charge is 2.13. The van der Waals surface area contributed by atoms with E-state index < -0.39 is 6.67 Å². The second-order valence-electron chi connectivity index (χ2n) is 6.35. The summed E-state index contributed by atoms with van der Waals surface area (Å²) in [6, 6.07) is 0.320. The highest BCUT2D eigenvalue weighted by molar-refractivity contribution is 5.66. The van der Waals surface area contributed by atoms with E-state index in [1.54, 1.807) is 30.6 Å². The molecule has 1 heterocycles. The van der Waals surface area contributed by atoms with Crippen LogP contribution in [0.25, 0.3) is 5.57 Å². The first-order valence-electron chi connectivity index (χ1n) is 9.76. The van der Waals surface area contributed by atoms with Crippen molar-refractivity contribution in [1.29, 1.82) is 0 Å². The first-order valence-corrected chi connectivity index (χ1v) is 9.76. The maximum atomic E-state index is 13.0. The quantitative estimate of drug-likeness (QED) is 0.314. The molecule has 1 aromatic heterocycles. The Bertz CT molecular complexity index is 564. The third kappa shape index (κ3) is 10.0. The second-order valence-corrected chi connectivity index (χ2v) is 6.35. The van der Waals surface area contributed by atoms with Gasteiger partial charge in [-0.3, -0.25) is 0 Å². The predicted octanol–water partition coefficient (Wildman–Crippen LogP) is 5.72. The van der Waals surface area contributed by atoms with E-state index in [1.165, 1.54) is 32.1 Å². The topological polar surface area (TPSA) is 44.2 Å². The van der Waals surface area contributed by atoms with Crippen LogP contribution in [0.1, 0.15) is 57.9 Å². The smallest absolute Gasteiger partial charge is 0.316 e. The van der Waals surface area contributed by atoms with Crippen molar-refractivity contribution in [1.82, 2.24) is 9.97 Å². The van der Waals surface area contributed by atoms with E-state index in [1.807, 2.05) is 19.9 Å². The molecule has 150 valence electrons. The number of rotatable bonds is 9. The summed E-state index contributed by atoms with van der Waals surface area (Å²) >= 11 is 0. The minimum atomic E-state index is -0.549. The third-order valence-electron chi connectivity index (χ3n) is 4.06. The van der Waals surface area contributed by atoms with Gasteiger partial charge in [-0.2, -0.15) is 0 Å². The Morgan fingerprint density at radius 1 is 1.19 bits per heavy atom. The lowest BCUT2D eigenvalue weighted by molar-refractivity contribution is 0.0222. The SMILES string of the molecule is C/C=C\C=C(/CF)c1cnc(OCCCOC2CCCCC2)nc1.C=CC. The fourth-order valence-electron chi connectivity index (χ4n) is 2.69. The van der Waals surface area contributed by atoms with E-state index in [0.29, 0.717) is 36.5 Å². The molecule has 0 amide bonds. The minimum Gasteiger partial charge on any atom is -0.463 e. The number of ether oxygens (including phenoxy) is 2. The van der Waals surface area contributed by atoms with Crippen LogP contribution in [0.15, 0.2) is 43.3 Å². The van der Waals surface area contributed by atoms with Crippen LogP contribution >= 0.6 is 0 Å². The number of aromatic nitrogens is 2. The van der Waals surface area contributed by atoms with E-state index in [9.17, 15) is 4.39 Å². The maximum Gasteiger partial charge on any atom is 0.316 e. The number of hydrogen-bond donors (Lipinski definition) is 0. The zero-order chi connectivity index (χ0) is 19.7. The number of alkyl halides is 1. The van der Waals surface area contributed by atoms with Gasteiger partial charge in [-0.15, -0.1) is 6.58 Å². The molecule has 0 aromatic carbocycles. The fourth-order valence-corrected chi connectivity index (χ4v) is 2.69. The Labute approximate surface area is 163 Å². The summed E-state index contributed by atoms with van der Waals surface area (Å²) in [7, 11) is 0. The molecule has 1 fully saturated rings. The van der Waals surface area contributed by atoms with Crippen molar-refractivity contribution in [3.05, 3.63) is 48.8 Å². The molecule has 1 aromatic rings. The molecule has 0 N–H and O–H groups in total. The van der Waals surface area contributed by atoms with Gasteiger partial charge in [0.1, 0.15) is 6.67 Å². The highest BCUT2D eigenvalue weighted by atomic mass is 19.1. The standard InChI is InChI=1S/C19H27FN2O2.C3H6/c1-2-3-8-16(13-20)17-14-21-19(22-15-17)24-12-7-11-23-18-9-5-4-6-10-18;1-3-2/h2-3,8,14-15,18H,4-7,9-13H2,1H3;3H,1H2,2H3/b3-2-,16-8+;. The average Bonchev–Trinajstić information content (AvgIpc) is 2.71. The molecule has 4 nitrogen and oxygen atoms in total. The molecular weight excluding hydrogens is 343 g/mol. The van der Waals surface area contributed by atoms with Crippen LogP contribution in [0.3, 0.4) is 0 Å². The average molecular weight is 377 g/mol. The summed E-state index contributed by atoms with van der Waals surface area (Å²) in [6.07, 6.45) is 17.8. The number of allylic oxidation sites excluding steroid dienone is 5. The maximum absolute atomic E-state index is 13.0. The molecular formula is C22H33FN2O2. The van der Waals surface area contributed by atoms with Crippen LogP contribution in [0.2, 0.25) is 0 Å². The Kier molecular flexibility index (Phi) is 12.9. The van der Waals surface area contributed by atoms with E-state index >= 15 is 0 Å². The number of halogens is 1. The van der Waals surface area contributed by atoms with Crippen molar-refractivity contribution in [2.45, 2.75) is 58.5 Å². The zero-order valence-electron chi connectivity index (χ0n) is 16.7. The van der Waals surface area contributed by atoms with Gasteiger partial charge in [-0.1, -0.05) is 43.6 Å². The second kappa shape index (κ2) is 15.1. The Morgan fingerprint density at radius 2 is 1.85 bits per heavy atom. The molecule has 0 radical (unpaired) electrons. The lowest BCUT2D eigenvalue weighted by Gasteiger charge is -2.21. The van der Waals surface area contributed by atoms with Crippen molar-refractivity contribution >= 4 is 5.57 Å². The Morgan fingerprint density at radius 3 is 2.44 bits per heavy atom. The number of nitrogens with zero attached hydrogens (tertiary/aromatic N) is 2. The summed E-state index contributed by atoms with van der Waals surface area (Å²) in [6.45, 7) is 7.82. The van der Waals surface area contributed by atoms with Crippen LogP contribution in [-0.2, 0) is 4.74 Å². The highest BCUT2D eigenvalue weighted by Crippen LogP contribution is 2.20. The molecule has 1 aliphatic carbocycles. The van der Waals surface area contributed by atoms with Crippen molar-refractivity contribution in [3.8, 4) is 6.01 Å². The first kappa shape index (κ1) is 23.0. The molecule has 0 atom stereocenters. The molecule has 1 aliphatic rings. The molecule has 27 heavy (non-hydrogen) atoms. The van der Waals surface area contributed by atoms with Gasteiger partial charge in [-0.05, 0) is 32.3 Å². The lowest BCUT2D eigenvalue weighted by Crippen LogP contribution is -2.18. The van der Waals surface area contributed by atoms with Crippen molar-refractivity contribution in [3.63, 3.8) is 0 Å². The lowest BCUT2D eigenvalue weighted by atomic mass is 9.98. The molecule has 0 unspecified atom stereocenters. The molecule has 0 saturated heterocycles. The monoisotopic (exact) mass is 376 g/mol. The van der Waals surface area contributed by atoms with Crippen molar-refractivity contribution in [2.24, 2.45) is 0 Å². The fraction of sp³-hybridized carbons (Fsp3) is 0.545. The van der Waals surface area contributed by atoms with Gasteiger partial charge in [0, 0.05) is 24.4 Å². The van der Waals surface area contributed by atoms with Crippen LogP contribution in [0, 0.1) is 0 Å². The summed E-state index contributed by atoms with van der Waals surface area (Å²) in [5.41, 5.74) is 1.23. The van der Waals surface area contributed by atoms with Crippen LogP contribution in [0.4, 0.5) is 4.39 Å². The molecule has 2 rings (SSSR count). The largest absolute Gasteiger partial charge is 0.463 e. The van der Waals surface area contributed by atoms with Gasteiger partial charge in [-0.25, -0.2) is 14.4 Å². The molecule has 1 saturated carbocycles. The van der Waals surface area contributed by atoms with E-state index in [4.69, 9.17) is 9.47 Å². The van der Waals surface area contributed by atoms with Gasteiger partial charge in [0.15, 0.2) is 0 Å². The van der Waals surface area contributed by atoms with Gasteiger partial charge in [0.25, 0.3) is 0 Å².